The molecule has 0 heterocycles. The van der Waals surface area contributed by atoms with Crippen LogP contribution in [-0.4, -0.2) is 6.54 Å². The van der Waals surface area contributed by atoms with Gasteiger partial charge in [-0.05, 0) is 30.0 Å². The maximum absolute atomic E-state index is 12.7. The lowest BCUT2D eigenvalue weighted by atomic mass is 9.92. The van der Waals surface area contributed by atoms with Gasteiger partial charge in [-0.1, -0.05) is 25.5 Å². The number of hydrogen-bond acceptors (Lipinski definition) is 1. The van der Waals surface area contributed by atoms with E-state index < -0.39 is 0 Å². The van der Waals surface area contributed by atoms with Crippen molar-refractivity contribution >= 4 is 0 Å². The Morgan fingerprint density at radius 3 is 2.50 bits per heavy atom. The zero-order valence-electron chi connectivity index (χ0n) is 8.46. The average Bonchev–Trinajstić information content (AvgIpc) is 2.94. The summed E-state index contributed by atoms with van der Waals surface area (Å²) in [5.74, 6) is 0.521. The second kappa shape index (κ2) is 3.35. The van der Waals surface area contributed by atoms with Gasteiger partial charge in [-0.25, -0.2) is 4.39 Å². The third-order valence-electron chi connectivity index (χ3n) is 3.51. The molecule has 2 N–H and O–H groups in total. The molecule has 1 aliphatic carbocycles. The molecule has 1 aromatic carbocycles. The van der Waals surface area contributed by atoms with Crippen LogP contribution in [0, 0.1) is 11.7 Å². The van der Waals surface area contributed by atoms with Gasteiger partial charge in [-0.2, -0.15) is 0 Å². The summed E-state index contributed by atoms with van der Waals surface area (Å²) < 4.78 is 12.7. The predicted molar refractivity (Wildman–Crippen MR) is 55.5 cm³/mol. The van der Waals surface area contributed by atoms with Crippen molar-refractivity contribution in [3.8, 4) is 0 Å². The molecule has 0 aliphatic heterocycles. The van der Waals surface area contributed by atoms with Crippen LogP contribution in [0.2, 0.25) is 0 Å². The highest BCUT2D eigenvalue weighted by Gasteiger charge is 2.52. The Labute approximate surface area is 84.1 Å². The molecule has 1 fully saturated rings. The van der Waals surface area contributed by atoms with Gasteiger partial charge in [0.1, 0.15) is 5.82 Å². The predicted octanol–water partition coefficient (Wildman–Crippen LogP) is 2.45. The summed E-state index contributed by atoms with van der Waals surface area (Å²) in [6.45, 7) is 2.86. The van der Waals surface area contributed by atoms with Crippen molar-refractivity contribution in [3.05, 3.63) is 35.6 Å². The van der Waals surface area contributed by atoms with Crippen molar-refractivity contribution in [3.63, 3.8) is 0 Å². The molecule has 14 heavy (non-hydrogen) atoms. The monoisotopic (exact) mass is 193 g/mol. The first-order valence-corrected chi connectivity index (χ1v) is 5.19. The molecule has 2 rings (SSSR count). The number of halogens is 1. The largest absolute Gasteiger partial charge is 0.330 e. The van der Waals surface area contributed by atoms with Gasteiger partial charge in [-0.15, -0.1) is 0 Å². The van der Waals surface area contributed by atoms with Gasteiger partial charge in [0.15, 0.2) is 0 Å². The van der Waals surface area contributed by atoms with Gasteiger partial charge in [-0.3, -0.25) is 0 Å². The molecular weight excluding hydrogens is 177 g/mol. The van der Waals surface area contributed by atoms with Crippen molar-refractivity contribution in [2.75, 3.05) is 6.54 Å². The molecule has 76 valence electrons. The minimum absolute atomic E-state index is 0.155. The zero-order valence-corrected chi connectivity index (χ0v) is 8.46. The maximum atomic E-state index is 12.7. The van der Waals surface area contributed by atoms with E-state index in [1.165, 1.54) is 17.7 Å². The Morgan fingerprint density at radius 1 is 1.43 bits per heavy atom. The Bertz CT molecular complexity index is 320. The maximum Gasteiger partial charge on any atom is 0.123 e. The summed E-state index contributed by atoms with van der Waals surface area (Å²) in [5.41, 5.74) is 7.17. The van der Waals surface area contributed by atoms with Crippen LogP contribution in [0.1, 0.15) is 25.3 Å². The summed E-state index contributed by atoms with van der Waals surface area (Å²) in [6.07, 6.45) is 2.32. The number of nitrogens with two attached hydrogens (primary N) is 1. The van der Waals surface area contributed by atoms with Crippen LogP contribution < -0.4 is 5.73 Å². The van der Waals surface area contributed by atoms with E-state index in [4.69, 9.17) is 5.73 Å². The van der Waals surface area contributed by atoms with E-state index >= 15 is 0 Å². The molecule has 1 aromatic rings. The van der Waals surface area contributed by atoms with Gasteiger partial charge in [0.05, 0.1) is 0 Å². The second-order valence-corrected chi connectivity index (χ2v) is 4.18. The Hall–Kier alpha value is -0.890. The summed E-state index contributed by atoms with van der Waals surface area (Å²) in [7, 11) is 0. The van der Waals surface area contributed by atoms with E-state index in [1.54, 1.807) is 0 Å². The van der Waals surface area contributed by atoms with E-state index in [9.17, 15) is 4.39 Å². The highest BCUT2D eigenvalue weighted by Crippen LogP contribution is 2.55. The summed E-state index contributed by atoms with van der Waals surface area (Å²) >= 11 is 0. The molecule has 0 aromatic heterocycles. The molecule has 1 aliphatic rings. The molecule has 0 spiro atoms. The zero-order chi connectivity index (χ0) is 10.2. The van der Waals surface area contributed by atoms with Crippen LogP contribution in [0.25, 0.3) is 0 Å². The van der Waals surface area contributed by atoms with Gasteiger partial charge < -0.3 is 5.73 Å². The molecule has 2 heteroatoms. The first kappa shape index (κ1) is 9.66. The average molecular weight is 193 g/mol. The topological polar surface area (TPSA) is 26.0 Å². The Morgan fingerprint density at radius 2 is 2.07 bits per heavy atom. The van der Waals surface area contributed by atoms with Crippen molar-refractivity contribution in [2.45, 2.75) is 25.2 Å². The first-order valence-electron chi connectivity index (χ1n) is 5.19. The summed E-state index contributed by atoms with van der Waals surface area (Å²) in [4.78, 5) is 0. The standard InChI is InChI=1S/C12H16FN/c1-2-9-7-12(9,8-14)10-3-5-11(13)6-4-10/h3-6,9H,2,7-8,14H2,1H3. The molecule has 1 saturated carbocycles. The summed E-state index contributed by atoms with van der Waals surface area (Å²) in [6, 6.07) is 6.80. The second-order valence-electron chi connectivity index (χ2n) is 4.18. The smallest absolute Gasteiger partial charge is 0.123 e. The molecule has 0 amide bonds. The van der Waals surface area contributed by atoms with E-state index in [0.717, 1.165) is 12.8 Å². The van der Waals surface area contributed by atoms with Crippen LogP contribution in [-0.2, 0) is 5.41 Å². The van der Waals surface area contributed by atoms with Crippen LogP contribution >= 0.6 is 0 Å². The molecule has 0 bridgehead atoms. The van der Waals surface area contributed by atoms with Crippen LogP contribution in [0.3, 0.4) is 0 Å². The first-order chi connectivity index (χ1) is 6.73. The molecule has 1 nitrogen and oxygen atoms in total. The van der Waals surface area contributed by atoms with Gasteiger partial charge >= 0.3 is 0 Å². The number of benzene rings is 1. The molecular formula is C12H16FN. The van der Waals surface area contributed by atoms with Gasteiger partial charge in [0.25, 0.3) is 0 Å². The molecule has 2 unspecified atom stereocenters. The normalized spacial score (nSPS) is 30.4. The van der Waals surface area contributed by atoms with E-state index in [0.29, 0.717) is 12.5 Å². The van der Waals surface area contributed by atoms with Gasteiger partial charge in [0, 0.05) is 12.0 Å². The molecule has 0 radical (unpaired) electrons. The fraction of sp³-hybridized carbons (Fsp3) is 0.500. The Balaban J connectivity index is 2.26. The number of rotatable bonds is 3. The van der Waals surface area contributed by atoms with Crippen molar-refractivity contribution in [1.82, 2.24) is 0 Å². The molecule has 0 saturated heterocycles. The quantitative estimate of drug-likeness (QED) is 0.784. The highest BCUT2D eigenvalue weighted by atomic mass is 19.1. The van der Waals surface area contributed by atoms with Crippen LogP contribution in [0.15, 0.2) is 24.3 Å². The Kier molecular flexibility index (Phi) is 2.31. The lowest BCUT2D eigenvalue weighted by Gasteiger charge is -2.14. The van der Waals surface area contributed by atoms with Gasteiger partial charge in [0.2, 0.25) is 0 Å². The van der Waals surface area contributed by atoms with Crippen molar-refractivity contribution in [1.29, 1.82) is 0 Å². The lowest BCUT2D eigenvalue weighted by molar-refractivity contribution is 0.592. The van der Waals surface area contributed by atoms with E-state index in [-0.39, 0.29) is 11.2 Å². The van der Waals surface area contributed by atoms with Crippen LogP contribution in [0.5, 0.6) is 0 Å². The fourth-order valence-corrected chi connectivity index (χ4v) is 2.42. The van der Waals surface area contributed by atoms with E-state index in [2.05, 4.69) is 6.92 Å². The third kappa shape index (κ3) is 1.34. The SMILES string of the molecule is CCC1CC1(CN)c1ccc(F)cc1. The minimum Gasteiger partial charge on any atom is -0.330 e. The lowest BCUT2D eigenvalue weighted by Crippen LogP contribution is -2.22. The van der Waals surface area contributed by atoms with E-state index in [1.807, 2.05) is 12.1 Å². The summed E-state index contributed by atoms with van der Waals surface area (Å²) in [5, 5.41) is 0. The third-order valence-corrected chi connectivity index (χ3v) is 3.51. The number of hydrogen-bond donors (Lipinski definition) is 1. The molecule has 2 atom stereocenters. The fourth-order valence-electron chi connectivity index (χ4n) is 2.42. The highest BCUT2D eigenvalue weighted by molar-refractivity contribution is 5.34. The van der Waals surface area contributed by atoms with Crippen LogP contribution in [0.4, 0.5) is 4.39 Å². The minimum atomic E-state index is -0.172. The van der Waals surface area contributed by atoms with Crippen molar-refractivity contribution in [2.24, 2.45) is 11.7 Å². The van der Waals surface area contributed by atoms with Crippen molar-refractivity contribution < 1.29 is 4.39 Å².